The van der Waals surface area contributed by atoms with E-state index in [9.17, 15) is 14.4 Å². The first-order valence-corrected chi connectivity index (χ1v) is 10.3. The lowest BCUT2D eigenvalue weighted by atomic mass is 10.1. The summed E-state index contributed by atoms with van der Waals surface area (Å²) in [5.74, 6) is 0.220. The third-order valence-electron chi connectivity index (χ3n) is 6.27. The normalized spacial score (nSPS) is 20.9. The van der Waals surface area contributed by atoms with Crippen molar-refractivity contribution >= 4 is 22.7 Å². The molecule has 2 aliphatic heterocycles. The van der Waals surface area contributed by atoms with E-state index < -0.39 is 0 Å². The van der Waals surface area contributed by atoms with Gasteiger partial charge in [-0.2, -0.15) is 0 Å². The van der Waals surface area contributed by atoms with Crippen molar-refractivity contribution < 1.29 is 14.0 Å². The summed E-state index contributed by atoms with van der Waals surface area (Å²) in [4.78, 5) is 44.3. The van der Waals surface area contributed by atoms with E-state index >= 15 is 0 Å². The van der Waals surface area contributed by atoms with Crippen LogP contribution in [0.15, 0.2) is 51.8 Å². The van der Waals surface area contributed by atoms with Crippen molar-refractivity contribution in [2.24, 2.45) is 0 Å². The summed E-state index contributed by atoms with van der Waals surface area (Å²) in [6.07, 6.45) is 3.83. The molecule has 4 heterocycles. The lowest BCUT2D eigenvalue weighted by molar-refractivity contribution is -0.129. The molecule has 0 bridgehead atoms. The van der Waals surface area contributed by atoms with Crippen LogP contribution >= 0.6 is 0 Å². The van der Waals surface area contributed by atoms with Gasteiger partial charge in [0.2, 0.25) is 5.91 Å². The van der Waals surface area contributed by atoms with Gasteiger partial charge in [-0.15, -0.1) is 0 Å². The van der Waals surface area contributed by atoms with Crippen LogP contribution in [-0.4, -0.2) is 51.8 Å². The number of aromatic nitrogens is 1. The van der Waals surface area contributed by atoms with Crippen LogP contribution < -0.4 is 5.43 Å². The highest BCUT2D eigenvalue weighted by molar-refractivity contribution is 5.93. The molecule has 2 saturated heterocycles. The van der Waals surface area contributed by atoms with Gasteiger partial charge in [-0.05, 0) is 31.4 Å². The topological polar surface area (TPSA) is 86.6 Å². The van der Waals surface area contributed by atoms with Crippen LogP contribution in [0.25, 0.3) is 10.9 Å². The zero-order chi connectivity index (χ0) is 20.8. The molecule has 3 aromatic rings. The average Bonchev–Trinajstić information content (AvgIpc) is 3.39. The minimum atomic E-state index is -0.311. The van der Waals surface area contributed by atoms with Gasteiger partial charge in [0, 0.05) is 48.7 Å². The molecule has 1 aromatic carbocycles. The van der Waals surface area contributed by atoms with Gasteiger partial charge in [0.1, 0.15) is 5.76 Å². The standard InChI is InChI=1S/C23H23N3O4/c1-14-10-16(27)11-21(30-14)23(29)26-9-7-19-20(26)12-22(28)25(19)8-6-15-13-24-18-5-3-2-4-17(15)18/h2-5,10-11,13,19-20,24H,6-9,12H2,1H3/t19-,20-/m0/s1. The maximum Gasteiger partial charge on any atom is 0.290 e. The maximum absolute atomic E-state index is 13.0. The summed E-state index contributed by atoms with van der Waals surface area (Å²) in [7, 11) is 0. The number of amides is 2. The maximum atomic E-state index is 13.0. The molecule has 5 rings (SSSR count). The SMILES string of the molecule is Cc1cc(=O)cc(C(=O)N2CC[C@H]3[C@@H]2CC(=O)N3CCc2c[nH]c3ccccc23)o1. The number of rotatable bonds is 4. The van der Waals surface area contributed by atoms with Crippen molar-refractivity contribution in [1.82, 2.24) is 14.8 Å². The first kappa shape index (κ1) is 18.7. The Hall–Kier alpha value is -3.35. The van der Waals surface area contributed by atoms with Gasteiger partial charge in [0.25, 0.3) is 5.91 Å². The van der Waals surface area contributed by atoms with Crippen molar-refractivity contribution in [1.29, 1.82) is 0 Å². The molecule has 1 N–H and O–H groups in total. The molecule has 0 spiro atoms. The van der Waals surface area contributed by atoms with E-state index in [-0.39, 0.29) is 35.1 Å². The number of hydrogen-bond donors (Lipinski definition) is 1. The van der Waals surface area contributed by atoms with Gasteiger partial charge in [0.05, 0.1) is 12.1 Å². The Morgan fingerprint density at radius 3 is 2.87 bits per heavy atom. The quantitative estimate of drug-likeness (QED) is 0.723. The number of H-pyrrole nitrogens is 1. The molecule has 7 nitrogen and oxygen atoms in total. The minimum absolute atomic E-state index is 0.0168. The Morgan fingerprint density at radius 2 is 2.03 bits per heavy atom. The van der Waals surface area contributed by atoms with Crippen molar-refractivity contribution in [2.45, 2.75) is 38.3 Å². The highest BCUT2D eigenvalue weighted by atomic mass is 16.3. The number of nitrogens with zero attached hydrogens (tertiary/aromatic N) is 2. The number of carbonyl (C=O) groups excluding carboxylic acids is 2. The van der Waals surface area contributed by atoms with Gasteiger partial charge in [-0.1, -0.05) is 18.2 Å². The van der Waals surface area contributed by atoms with Gasteiger partial charge in [0.15, 0.2) is 11.2 Å². The lowest BCUT2D eigenvalue weighted by Gasteiger charge is -2.25. The molecule has 2 atom stereocenters. The lowest BCUT2D eigenvalue weighted by Crippen LogP contribution is -2.40. The second kappa shape index (κ2) is 7.16. The predicted octanol–water partition coefficient (Wildman–Crippen LogP) is 2.49. The highest BCUT2D eigenvalue weighted by Gasteiger charge is 2.48. The van der Waals surface area contributed by atoms with Crippen LogP contribution in [-0.2, 0) is 11.2 Å². The van der Waals surface area contributed by atoms with Crippen molar-refractivity contribution in [3.05, 3.63) is 69.9 Å². The molecule has 0 aliphatic carbocycles. The Balaban J connectivity index is 1.31. The zero-order valence-electron chi connectivity index (χ0n) is 16.8. The number of hydrogen-bond acceptors (Lipinski definition) is 4. The van der Waals surface area contributed by atoms with Gasteiger partial charge < -0.3 is 19.2 Å². The van der Waals surface area contributed by atoms with E-state index in [1.807, 2.05) is 29.3 Å². The first-order valence-electron chi connectivity index (χ1n) is 10.3. The highest BCUT2D eigenvalue weighted by Crippen LogP contribution is 2.33. The van der Waals surface area contributed by atoms with Crippen LogP contribution in [0, 0.1) is 6.92 Å². The molecule has 154 valence electrons. The fourth-order valence-corrected chi connectivity index (χ4v) is 4.90. The Kier molecular flexibility index (Phi) is 4.46. The van der Waals surface area contributed by atoms with Gasteiger partial charge in [-0.3, -0.25) is 14.4 Å². The number of benzene rings is 1. The fourth-order valence-electron chi connectivity index (χ4n) is 4.90. The molecule has 0 radical (unpaired) electrons. The summed E-state index contributed by atoms with van der Waals surface area (Å²) in [6, 6.07) is 10.6. The number of aromatic amines is 1. The molecule has 7 heteroatoms. The summed E-state index contributed by atoms with van der Waals surface area (Å²) in [5, 5.41) is 1.18. The third-order valence-corrected chi connectivity index (χ3v) is 6.27. The van der Waals surface area contributed by atoms with E-state index in [0.29, 0.717) is 25.3 Å². The number of likely N-dealkylation sites (tertiary alicyclic amines) is 2. The van der Waals surface area contributed by atoms with Crippen molar-refractivity contribution in [3.63, 3.8) is 0 Å². The van der Waals surface area contributed by atoms with Crippen LogP contribution in [0.1, 0.15) is 34.7 Å². The second-order valence-corrected chi connectivity index (χ2v) is 8.09. The van der Waals surface area contributed by atoms with E-state index in [1.165, 1.54) is 23.1 Å². The number of nitrogens with one attached hydrogen (secondary N) is 1. The monoisotopic (exact) mass is 405 g/mol. The second-order valence-electron chi connectivity index (χ2n) is 8.09. The average molecular weight is 405 g/mol. The first-order chi connectivity index (χ1) is 14.5. The number of aryl methyl sites for hydroxylation is 1. The van der Waals surface area contributed by atoms with E-state index in [0.717, 1.165) is 18.4 Å². The largest absolute Gasteiger partial charge is 0.456 e. The summed E-state index contributed by atoms with van der Waals surface area (Å²) in [5.41, 5.74) is 2.03. The molecule has 30 heavy (non-hydrogen) atoms. The molecule has 2 fully saturated rings. The van der Waals surface area contributed by atoms with E-state index in [2.05, 4.69) is 11.1 Å². The summed E-state index contributed by atoms with van der Waals surface area (Å²) < 4.78 is 5.48. The van der Waals surface area contributed by atoms with Gasteiger partial charge in [-0.25, -0.2) is 0 Å². The van der Waals surface area contributed by atoms with E-state index in [4.69, 9.17) is 4.42 Å². The van der Waals surface area contributed by atoms with Gasteiger partial charge >= 0.3 is 0 Å². The van der Waals surface area contributed by atoms with Crippen molar-refractivity contribution in [3.8, 4) is 0 Å². The Morgan fingerprint density at radius 1 is 1.20 bits per heavy atom. The smallest absolute Gasteiger partial charge is 0.290 e. The Labute approximate surface area is 173 Å². The zero-order valence-corrected chi connectivity index (χ0v) is 16.8. The van der Waals surface area contributed by atoms with Crippen LogP contribution in [0.3, 0.4) is 0 Å². The Bertz CT molecular complexity index is 1190. The predicted molar refractivity (Wildman–Crippen MR) is 111 cm³/mol. The van der Waals surface area contributed by atoms with Crippen LogP contribution in [0.2, 0.25) is 0 Å². The third kappa shape index (κ3) is 3.10. The molecular weight excluding hydrogens is 382 g/mol. The molecule has 2 amide bonds. The summed E-state index contributed by atoms with van der Waals surface area (Å²) in [6.45, 7) is 2.84. The molecule has 0 saturated carbocycles. The van der Waals surface area contributed by atoms with E-state index in [1.54, 1.807) is 11.8 Å². The minimum Gasteiger partial charge on any atom is -0.456 e. The fraction of sp³-hybridized carbons (Fsp3) is 0.348. The molecule has 2 aliphatic rings. The van der Waals surface area contributed by atoms with Crippen LogP contribution in [0.5, 0.6) is 0 Å². The summed E-state index contributed by atoms with van der Waals surface area (Å²) >= 11 is 0. The number of fused-ring (bicyclic) bond motifs is 2. The number of carbonyl (C=O) groups is 2. The van der Waals surface area contributed by atoms with Crippen molar-refractivity contribution in [2.75, 3.05) is 13.1 Å². The molecular formula is C23H23N3O4. The van der Waals surface area contributed by atoms with Crippen LogP contribution in [0.4, 0.5) is 0 Å². The molecule has 0 unspecified atom stereocenters. The molecule has 2 aromatic heterocycles. The number of para-hydroxylation sites is 1.